The molecule has 7 aromatic heterocycles. The topological polar surface area (TPSA) is 196 Å². The molecule has 336 valence electrons. The molecule has 6 N–H and O–H groups in total. The normalized spacial score (nSPS) is 16.3. The van der Waals surface area contributed by atoms with Gasteiger partial charge in [0.25, 0.3) is 0 Å². The van der Waals surface area contributed by atoms with Crippen molar-refractivity contribution in [1.82, 2.24) is 65.1 Å². The molecule has 0 aliphatic carbocycles. The van der Waals surface area contributed by atoms with Gasteiger partial charge in [-0.2, -0.15) is 10.2 Å². The summed E-state index contributed by atoms with van der Waals surface area (Å²) in [5.74, 6) is 1.39. The van der Waals surface area contributed by atoms with Crippen molar-refractivity contribution in [3.63, 3.8) is 0 Å². The Kier molecular flexibility index (Phi) is 9.65. The Morgan fingerprint density at radius 3 is 2.09 bits per heavy atom. The number of hydrogen-bond donors (Lipinski definition) is 5. The van der Waals surface area contributed by atoms with E-state index in [0.717, 1.165) is 139 Å². The first-order chi connectivity index (χ1) is 32.6. The number of H-pyrrole nitrogens is 4. The average Bonchev–Trinajstić information content (AvgIpc) is 4.16. The molecule has 12 rings (SSSR count). The number of anilines is 4. The van der Waals surface area contributed by atoms with E-state index in [1.807, 2.05) is 37.1 Å². The third-order valence-corrected chi connectivity index (χ3v) is 13.7. The molecule has 0 amide bonds. The average molecular weight is 890 g/mol. The largest absolute Gasteiger partial charge is 0.397 e. The molecular formula is C50H51N17. The summed E-state index contributed by atoms with van der Waals surface area (Å²) >= 11 is 0. The van der Waals surface area contributed by atoms with Crippen molar-refractivity contribution < 1.29 is 0 Å². The van der Waals surface area contributed by atoms with Crippen LogP contribution < -0.4 is 20.4 Å². The number of pyridine rings is 3. The maximum Gasteiger partial charge on any atom is 0.159 e. The van der Waals surface area contributed by atoms with E-state index in [0.29, 0.717) is 23.9 Å². The first-order valence-electron chi connectivity index (χ1n) is 22.7. The van der Waals surface area contributed by atoms with Gasteiger partial charge in [0.05, 0.1) is 70.0 Å². The molecule has 0 bridgehead atoms. The van der Waals surface area contributed by atoms with Crippen LogP contribution in [0.25, 0.3) is 89.2 Å². The quantitative estimate of drug-likeness (QED) is 0.103. The van der Waals surface area contributed by atoms with Crippen LogP contribution in [0.4, 0.5) is 22.7 Å². The third-order valence-electron chi connectivity index (χ3n) is 13.7. The molecule has 67 heavy (non-hydrogen) atoms. The molecule has 2 fully saturated rings. The summed E-state index contributed by atoms with van der Waals surface area (Å²) < 4.78 is 0. The van der Waals surface area contributed by atoms with E-state index in [1.165, 1.54) is 5.56 Å². The lowest BCUT2D eigenvalue weighted by atomic mass is 9.94. The highest BCUT2D eigenvalue weighted by Crippen LogP contribution is 2.40. The number of benzene rings is 3. The number of fused-ring (bicyclic) bond motifs is 4. The lowest BCUT2D eigenvalue weighted by molar-refractivity contribution is 0.222. The van der Waals surface area contributed by atoms with Gasteiger partial charge in [0.1, 0.15) is 22.4 Å². The van der Waals surface area contributed by atoms with Gasteiger partial charge in [0.2, 0.25) is 0 Å². The summed E-state index contributed by atoms with van der Waals surface area (Å²) in [5, 5.41) is 18.4. The number of likely N-dealkylation sites (N-methyl/N-ethyl adjacent to an activating group) is 2. The molecule has 0 saturated carbocycles. The minimum atomic E-state index is -0.0536. The Bertz CT molecular complexity index is 3500. The Morgan fingerprint density at radius 1 is 0.612 bits per heavy atom. The van der Waals surface area contributed by atoms with Gasteiger partial charge in [-0.15, -0.1) is 0 Å². The predicted molar refractivity (Wildman–Crippen MR) is 267 cm³/mol. The van der Waals surface area contributed by atoms with Gasteiger partial charge in [0, 0.05) is 94.3 Å². The molecule has 9 heterocycles. The fourth-order valence-corrected chi connectivity index (χ4v) is 9.93. The number of nitrogens with zero attached hydrogens (tertiary/aromatic N) is 12. The van der Waals surface area contributed by atoms with Crippen molar-refractivity contribution in [3.05, 3.63) is 103 Å². The minimum Gasteiger partial charge on any atom is -0.397 e. The Morgan fingerprint density at radius 2 is 1.31 bits per heavy atom. The van der Waals surface area contributed by atoms with E-state index >= 15 is 0 Å². The summed E-state index contributed by atoms with van der Waals surface area (Å²) in [7, 11) is 8.49. The van der Waals surface area contributed by atoms with Crippen molar-refractivity contribution in [3.8, 4) is 45.3 Å². The van der Waals surface area contributed by atoms with Crippen LogP contribution in [0.5, 0.6) is 0 Å². The van der Waals surface area contributed by atoms with Crippen LogP contribution in [0, 0.1) is 6.92 Å². The van der Waals surface area contributed by atoms with Gasteiger partial charge in [-0.1, -0.05) is 12.1 Å². The van der Waals surface area contributed by atoms with Crippen molar-refractivity contribution in [1.29, 1.82) is 0 Å². The van der Waals surface area contributed by atoms with E-state index in [9.17, 15) is 0 Å². The van der Waals surface area contributed by atoms with Gasteiger partial charge in [0.15, 0.2) is 11.6 Å². The summed E-state index contributed by atoms with van der Waals surface area (Å²) in [6.45, 7) is 8.20. The number of nitrogens with two attached hydrogens (primary N) is 1. The highest BCUT2D eigenvalue weighted by atomic mass is 15.3. The van der Waals surface area contributed by atoms with Crippen LogP contribution in [-0.2, 0) is 0 Å². The first kappa shape index (κ1) is 40.6. The number of imidazole rings is 2. The van der Waals surface area contributed by atoms with Crippen LogP contribution in [0.3, 0.4) is 0 Å². The van der Waals surface area contributed by atoms with Crippen LogP contribution in [0.1, 0.15) is 17.2 Å². The Hall–Kier alpha value is -7.89. The number of aromatic amines is 4. The number of piperazine rings is 2. The van der Waals surface area contributed by atoms with Gasteiger partial charge in [-0.3, -0.25) is 30.0 Å². The van der Waals surface area contributed by atoms with Gasteiger partial charge < -0.3 is 35.3 Å². The lowest BCUT2D eigenvalue weighted by Gasteiger charge is -2.41. The molecule has 10 aromatic rings. The first-order valence-corrected chi connectivity index (χ1v) is 22.7. The van der Waals surface area contributed by atoms with E-state index < -0.39 is 0 Å². The smallest absolute Gasteiger partial charge is 0.159 e. The standard InChI is InChI=1S/C50H51N17/c1-28-14-30(17-34(15-28)63(2)3)29-6-7-38-35(18-29)45(61-59-38)49-55-40-24-54-26-42(48(40)58-49)67-13-10-65(5)43(27-67)36-19-31(32-16-33(51)22-52-21-32)20-37-44(36)60-62-46(37)50-56-39-23-53-25-41(47(39)57-50)66-11-8-64(4)9-12-66/h6-7,14-26,43H,8-13,27,51H2,1-5H3,(H,55,58)(H,56,57)(H,59,61)(H,60,62). The zero-order chi connectivity index (χ0) is 45.5. The summed E-state index contributed by atoms with van der Waals surface area (Å²) in [6.07, 6.45) is 11.1. The van der Waals surface area contributed by atoms with E-state index in [4.69, 9.17) is 30.9 Å². The number of hydrogen-bond acceptors (Lipinski definition) is 13. The molecular weight excluding hydrogens is 839 g/mol. The molecule has 0 spiro atoms. The molecule has 1 atom stereocenters. The minimum absolute atomic E-state index is 0.0536. The third kappa shape index (κ3) is 7.14. The predicted octanol–water partition coefficient (Wildman–Crippen LogP) is 7.25. The molecule has 2 aliphatic heterocycles. The fraction of sp³-hybridized carbons (Fsp3) is 0.260. The Labute approximate surface area is 386 Å². The second-order valence-corrected chi connectivity index (χ2v) is 18.4. The molecule has 3 aromatic carbocycles. The second-order valence-electron chi connectivity index (χ2n) is 18.4. The summed E-state index contributed by atoms with van der Waals surface area (Å²) in [4.78, 5) is 43.1. The monoisotopic (exact) mass is 889 g/mol. The molecule has 17 heteroatoms. The highest BCUT2D eigenvalue weighted by molar-refractivity contribution is 6.00. The van der Waals surface area contributed by atoms with E-state index in [-0.39, 0.29) is 6.04 Å². The zero-order valence-electron chi connectivity index (χ0n) is 38.1. The highest BCUT2D eigenvalue weighted by Gasteiger charge is 2.31. The summed E-state index contributed by atoms with van der Waals surface area (Å²) in [6, 6.07) is 19.4. The van der Waals surface area contributed by atoms with Crippen molar-refractivity contribution >= 4 is 66.6 Å². The lowest BCUT2D eigenvalue weighted by Crippen LogP contribution is -2.47. The SMILES string of the molecule is Cc1cc(-c2ccc3[nH]nc(-c4nc5c(N6CCN(C)C(c7cc(-c8cncc(N)c8)cc8c(-c9nc%10c(N%11CCN(C)CC%11)cncc%10[nH]9)[nH]nc78)C6)cncc5[nH]4)c3c2)cc(N(C)C)c1. The number of nitrogens with one attached hydrogen (secondary N) is 4. The van der Waals surface area contributed by atoms with Crippen LogP contribution in [0.2, 0.25) is 0 Å². The number of aromatic nitrogens is 11. The van der Waals surface area contributed by atoms with Gasteiger partial charge in [-0.25, -0.2) is 9.97 Å². The van der Waals surface area contributed by atoms with Crippen LogP contribution in [-0.4, -0.2) is 139 Å². The molecule has 1 unspecified atom stereocenters. The van der Waals surface area contributed by atoms with Gasteiger partial charge >= 0.3 is 0 Å². The van der Waals surface area contributed by atoms with Crippen molar-refractivity contribution in [2.45, 2.75) is 13.0 Å². The second kappa shape index (κ2) is 15.9. The number of nitrogen functional groups attached to an aromatic ring is 1. The maximum absolute atomic E-state index is 6.33. The van der Waals surface area contributed by atoms with E-state index in [2.05, 4.69) is 138 Å². The fourth-order valence-electron chi connectivity index (χ4n) is 9.93. The molecule has 2 aliphatic rings. The van der Waals surface area contributed by atoms with Crippen molar-refractivity contribution in [2.24, 2.45) is 0 Å². The van der Waals surface area contributed by atoms with E-state index in [1.54, 1.807) is 6.20 Å². The number of aryl methyl sites for hydroxylation is 1. The Balaban J connectivity index is 0.916. The summed E-state index contributed by atoms with van der Waals surface area (Å²) in [5.41, 5.74) is 23.4. The van der Waals surface area contributed by atoms with Gasteiger partial charge in [-0.05, 0) is 91.3 Å². The molecule has 2 saturated heterocycles. The van der Waals surface area contributed by atoms with Crippen LogP contribution in [0.15, 0.2) is 91.8 Å². The molecule has 17 nitrogen and oxygen atoms in total. The number of rotatable bonds is 8. The maximum atomic E-state index is 6.33. The van der Waals surface area contributed by atoms with Crippen LogP contribution >= 0.6 is 0 Å². The van der Waals surface area contributed by atoms with Crippen molar-refractivity contribution in [2.75, 3.05) is 94.4 Å². The zero-order valence-corrected chi connectivity index (χ0v) is 38.1. The molecule has 0 radical (unpaired) electrons.